The van der Waals surface area contributed by atoms with Gasteiger partial charge in [0.25, 0.3) is 0 Å². The van der Waals surface area contributed by atoms with E-state index >= 15 is 0 Å². The second-order valence-electron chi connectivity index (χ2n) is 3.21. The summed E-state index contributed by atoms with van der Waals surface area (Å²) in [5, 5.41) is 12.1. The van der Waals surface area contributed by atoms with Gasteiger partial charge in [-0.3, -0.25) is 0 Å². The highest BCUT2D eigenvalue weighted by atomic mass is 79.9. The van der Waals surface area contributed by atoms with Gasteiger partial charge < -0.3 is 10.4 Å². The first-order valence-electron chi connectivity index (χ1n) is 4.27. The molecule has 72 valence electrons. The summed E-state index contributed by atoms with van der Waals surface area (Å²) in [5.41, 5.74) is 2.24. The van der Waals surface area contributed by atoms with E-state index in [-0.39, 0.29) is 12.6 Å². The van der Waals surface area contributed by atoms with E-state index in [0.717, 1.165) is 10.2 Å². The lowest BCUT2D eigenvalue weighted by atomic mass is 10.2. The lowest BCUT2D eigenvalue weighted by molar-refractivity contribution is 0.281. The molecule has 1 atom stereocenters. The van der Waals surface area contributed by atoms with Crippen LogP contribution < -0.4 is 5.32 Å². The summed E-state index contributed by atoms with van der Waals surface area (Å²) in [6.45, 7) is 4.12. The van der Waals surface area contributed by atoms with Crippen LogP contribution in [-0.2, 0) is 0 Å². The van der Waals surface area contributed by atoms with Crippen molar-refractivity contribution >= 4 is 21.6 Å². The molecular weight excluding hydrogens is 230 g/mol. The molecule has 0 bridgehead atoms. The average Bonchev–Trinajstić information content (AvgIpc) is 2.09. The van der Waals surface area contributed by atoms with Crippen molar-refractivity contribution in [2.45, 2.75) is 19.9 Å². The van der Waals surface area contributed by atoms with Gasteiger partial charge in [0.2, 0.25) is 0 Å². The molecule has 0 saturated carbocycles. The van der Waals surface area contributed by atoms with Gasteiger partial charge in [-0.1, -0.05) is 6.07 Å². The molecule has 0 saturated heterocycles. The van der Waals surface area contributed by atoms with Gasteiger partial charge in [-0.15, -0.1) is 0 Å². The van der Waals surface area contributed by atoms with Crippen LogP contribution >= 0.6 is 15.9 Å². The van der Waals surface area contributed by atoms with Gasteiger partial charge in [-0.05, 0) is 47.5 Å². The van der Waals surface area contributed by atoms with Crippen LogP contribution in [0.15, 0.2) is 22.7 Å². The smallest absolute Gasteiger partial charge is 0.0630 e. The Morgan fingerprint density at radius 3 is 2.77 bits per heavy atom. The number of aryl methyl sites for hydroxylation is 1. The van der Waals surface area contributed by atoms with Gasteiger partial charge in [0.05, 0.1) is 6.61 Å². The third-order valence-electron chi connectivity index (χ3n) is 1.80. The molecule has 1 rings (SSSR count). The fourth-order valence-electron chi connectivity index (χ4n) is 1.05. The Bertz CT molecular complexity index is 288. The van der Waals surface area contributed by atoms with Crippen LogP contribution in [-0.4, -0.2) is 17.8 Å². The van der Waals surface area contributed by atoms with E-state index in [1.165, 1.54) is 5.56 Å². The summed E-state index contributed by atoms with van der Waals surface area (Å²) in [6, 6.07) is 6.17. The van der Waals surface area contributed by atoms with E-state index in [9.17, 15) is 0 Å². The number of hydrogen-bond acceptors (Lipinski definition) is 2. The van der Waals surface area contributed by atoms with Gasteiger partial charge in [0.1, 0.15) is 0 Å². The number of hydrogen-bond donors (Lipinski definition) is 2. The highest BCUT2D eigenvalue weighted by Gasteiger charge is 2.03. The summed E-state index contributed by atoms with van der Waals surface area (Å²) in [5.74, 6) is 0. The summed E-state index contributed by atoms with van der Waals surface area (Å²) in [7, 11) is 0. The first kappa shape index (κ1) is 10.5. The minimum atomic E-state index is 0.0824. The molecule has 2 N–H and O–H groups in total. The number of rotatable bonds is 3. The Kier molecular flexibility index (Phi) is 3.75. The highest BCUT2D eigenvalue weighted by Crippen LogP contribution is 2.23. The molecule has 0 aromatic heterocycles. The van der Waals surface area contributed by atoms with Gasteiger partial charge in [-0.2, -0.15) is 0 Å². The average molecular weight is 244 g/mol. The zero-order chi connectivity index (χ0) is 9.84. The Balaban J connectivity index is 2.77. The molecule has 0 spiro atoms. The molecule has 0 aliphatic rings. The molecule has 2 nitrogen and oxygen atoms in total. The van der Waals surface area contributed by atoms with Crippen LogP contribution in [0.5, 0.6) is 0 Å². The first-order chi connectivity index (χ1) is 6.13. The van der Waals surface area contributed by atoms with Crippen LogP contribution in [0.4, 0.5) is 5.69 Å². The predicted octanol–water partition coefficient (Wildman–Crippen LogP) is 2.55. The Hall–Kier alpha value is -0.540. The monoisotopic (exact) mass is 243 g/mol. The third-order valence-corrected chi connectivity index (χ3v) is 2.46. The van der Waals surface area contributed by atoms with E-state index in [1.54, 1.807) is 0 Å². The van der Waals surface area contributed by atoms with E-state index in [0.29, 0.717) is 0 Å². The molecule has 0 amide bonds. The maximum Gasteiger partial charge on any atom is 0.0630 e. The van der Waals surface area contributed by atoms with Crippen LogP contribution in [0, 0.1) is 6.92 Å². The van der Waals surface area contributed by atoms with E-state index in [1.807, 2.05) is 32.0 Å². The lowest BCUT2D eigenvalue weighted by Gasteiger charge is -2.13. The third kappa shape index (κ3) is 3.01. The number of aliphatic hydroxyl groups excluding tert-OH is 1. The first-order valence-corrected chi connectivity index (χ1v) is 5.06. The molecule has 0 heterocycles. The fraction of sp³-hybridized carbons (Fsp3) is 0.400. The van der Waals surface area contributed by atoms with Gasteiger partial charge in [0.15, 0.2) is 0 Å². The Labute approximate surface area is 87.1 Å². The molecular formula is C10H14BrNO. The van der Waals surface area contributed by atoms with Crippen molar-refractivity contribution in [3.05, 3.63) is 28.2 Å². The molecule has 1 unspecified atom stereocenters. The van der Waals surface area contributed by atoms with Crippen LogP contribution in [0.3, 0.4) is 0 Å². The van der Waals surface area contributed by atoms with E-state index < -0.39 is 0 Å². The summed E-state index contributed by atoms with van der Waals surface area (Å²) < 4.78 is 1.04. The standard InChI is InChI=1S/C10H14BrNO/c1-7-3-4-10(9(11)5-7)12-8(2)6-13/h3-5,8,12-13H,6H2,1-2H3. The van der Waals surface area contributed by atoms with Crippen molar-refractivity contribution < 1.29 is 5.11 Å². The second-order valence-corrected chi connectivity index (χ2v) is 4.07. The molecule has 1 aromatic carbocycles. The quantitative estimate of drug-likeness (QED) is 0.856. The van der Waals surface area contributed by atoms with E-state index in [2.05, 4.69) is 21.2 Å². The van der Waals surface area contributed by atoms with Crippen molar-refractivity contribution in [2.24, 2.45) is 0 Å². The molecule has 0 radical (unpaired) electrons. The largest absolute Gasteiger partial charge is 0.394 e. The van der Waals surface area contributed by atoms with Crippen LogP contribution in [0.1, 0.15) is 12.5 Å². The second kappa shape index (κ2) is 4.63. The van der Waals surface area contributed by atoms with Gasteiger partial charge in [-0.25, -0.2) is 0 Å². The topological polar surface area (TPSA) is 32.3 Å². The minimum absolute atomic E-state index is 0.0824. The molecule has 0 aliphatic heterocycles. The predicted molar refractivity (Wildman–Crippen MR) is 59.0 cm³/mol. The maximum atomic E-state index is 8.86. The summed E-state index contributed by atoms with van der Waals surface area (Å²) >= 11 is 3.46. The summed E-state index contributed by atoms with van der Waals surface area (Å²) in [6.07, 6.45) is 0. The van der Waals surface area contributed by atoms with Crippen molar-refractivity contribution in [3.8, 4) is 0 Å². The Morgan fingerprint density at radius 2 is 2.23 bits per heavy atom. The molecule has 0 fully saturated rings. The zero-order valence-electron chi connectivity index (χ0n) is 7.84. The number of halogens is 1. The molecule has 3 heteroatoms. The maximum absolute atomic E-state index is 8.86. The van der Waals surface area contributed by atoms with Crippen molar-refractivity contribution in [1.82, 2.24) is 0 Å². The summed E-state index contributed by atoms with van der Waals surface area (Å²) in [4.78, 5) is 0. The number of aliphatic hydroxyl groups is 1. The molecule has 1 aromatic rings. The van der Waals surface area contributed by atoms with Crippen molar-refractivity contribution in [2.75, 3.05) is 11.9 Å². The Morgan fingerprint density at radius 1 is 1.54 bits per heavy atom. The fourth-order valence-corrected chi connectivity index (χ4v) is 1.66. The van der Waals surface area contributed by atoms with E-state index in [4.69, 9.17) is 5.11 Å². The van der Waals surface area contributed by atoms with Gasteiger partial charge >= 0.3 is 0 Å². The van der Waals surface area contributed by atoms with Crippen LogP contribution in [0.25, 0.3) is 0 Å². The number of benzene rings is 1. The number of nitrogens with one attached hydrogen (secondary N) is 1. The minimum Gasteiger partial charge on any atom is -0.394 e. The molecule has 0 aliphatic carbocycles. The number of anilines is 1. The van der Waals surface area contributed by atoms with Crippen LogP contribution in [0.2, 0.25) is 0 Å². The van der Waals surface area contributed by atoms with Gasteiger partial charge in [0, 0.05) is 16.2 Å². The SMILES string of the molecule is Cc1ccc(NC(C)CO)c(Br)c1. The lowest BCUT2D eigenvalue weighted by Crippen LogP contribution is -2.19. The highest BCUT2D eigenvalue weighted by molar-refractivity contribution is 9.10. The normalized spacial score (nSPS) is 12.6. The van der Waals surface area contributed by atoms with Crippen molar-refractivity contribution in [3.63, 3.8) is 0 Å². The molecule has 13 heavy (non-hydrogen) atoms. The zero-order valence-corrected chi connectivity index (χ0v) is 9.43. The van der Waals surface area contributed by atoms with Crippen molar-refractivity contribution in [1.29, 1.82) is 0 Å².